The van der Waals surface area contributed by atoms with Crippen LogP contribution in [0.15, 0.2) is 46.2 Å². The Hall–Kier alpha value is -5.63. The van der Waals surface area contributed by atoms with Crippen LogP contribution in [0.2, 0.25) is 0 Å². The maximum atomic E-state index is 13.6. The topological polar surface area (TPSA) is 311 Å². The molecule has 6 rings (SSSR count). The lowest BCUT2D eigenvalue weighted by atomic mass is 10.1. The summed E-state index contributed by atoms with van der Waals surface area (Å²) in [6.07, 6.45) is 2.82. The van der Waals surface area contributed by atoms with Crippen LogP contribution in [0.5, 0.6) is 11.5 Å². The second kappa shape index (κ2) is 29.0. The number of nitrogens with one attached hydrogen (secondary N) is 3. The highest BCUT2D eigenvalue weighted by Crippen LogP contribution is 2.30. The number of benzene rings is 2. The molecule has 0 aliphatic carbocycles. The second-order valence-electron chi connectivity index (χ2n) is 17.4. The van der Waals surface area contributed by atoms with E-state index in [2.05, 4.69) is 42.4 Å². The highest BCUT2D eigenvalue weighted by Gasteiger charge is 2.28. The van der Waals surface area contributed by atoms with Gasteiger partial charge in [0.25, 0.3) is 32.7 Å². The predicted octanol–water partition coefficient (Wildman–Crippen LogP) is 5.14. The molecule has 25 heteroatoms. The van der Waals surface area contributed by atoms with Crippen molar-refractivity contribution in [1.29, 1.82) is 0 Å². The van der Waals surface area contributed by atoms with Gasteiger partial charge in [-0.15, -0.1) is 0 Å². The van der Waals surface area contributed by atoms with E-state index >= 15 is 0 Å². The fourth-order valence-electron chi connectivity index (χ4n) is 8.16. The van der Waals surface area contributed by atoms with E-state index in [0.29, 0.717) is 23.9 Å². The first-order valence-corrected chi connectivity index (χ1v) is 28.3. The number of hydrogen-bond acceptors (Lipinski definition) is 15. The Morgan fingerprint density at radius 2 is 1.16 bits per heavy atom. The highest BCUT2D eigenvalue weighted by molar-refractivity contribution is 8.13. The maximum absolute atomic E-state index is 13.6. The number of amides is 4. The Kier molecular flexibility index (Phi) is 18.5. The predicted molar refractivity (Wildman–Crippen MR) is 290 cm³/mol. The van der Waals surface area contributed by atoms with Crippen molar-refractivity contribution < 1.29 is 59.2 Å². The number of sulfonamides is 1. The Balaban J connectivity index is 0.000000322. The van der Waals surface area contributed by atoms with Gasteiger partial charge in [0, 0.05) is 57.0 Å². The number of anilines is 2. The van der Waals surface area contributed by atoms with Crippen molar-refractivity contribution in [2.45, 2.75) is 127 Å². The smallest absolute Gasteiger partial charge is 0.269 e. The van der Waals surface area contributed by atoms with Crippen molar-refractivity contribution in [3.63, 3.8) is 0 Å². The zero-order chi connectivity index (χ0) is 64.2. The Morgan fingerprint density at radius 3 is 1.53 bits per heavy atom. The van der Waals surface area contributed by atoms with E-state index in [0.717, 1.165) is 50.2 Å². The SMILES string of the molecule is CN1CCCC1CCN.[2H]C([2H])(CC)c1nn(C([2H])([2H])[2H])c(C(N)=O)c1NC(=O)c1cc(S(=O)(=O)Cl)ccc1OCCC.[2H]C([2H])(CC)c1nn(C([2H])([2H])[2H])c(C(N)=O)c1NC(=O)c1cc(S(=O)(=O)NCCC2CCCN2C)ccc1OCCC. The summed E-state index contributed by atoms with van der Waals surface area (Å²) < 4.78 is 143. The van der Waals surface area contributed by atoms with Gasteiger partial charge in [-0.2, -0.15) is 10.2 Å². The largest absolute Gasteiger partial charge is 0.493 e. The van der Waals surface area contributed by atoms with Gasteiger partial charge < -0.3 is 47.1 Å². The number of likely N-dealkylation sites (tertiary alicyclic amines) is 2. The quantitative estimate of drug-likeness (QED) is 0.0495. The monoisotopic (exact) mass is 1110 g/mol. The van der Waals surface area contributed by atoms with Gasteiger partial charge in [-0.25, -0.2) is 21.6 Å². The summed E-state index contributed by atoms with van der Waals surface area (Å²) >= 11 is 0. The van der Waals surface area contributed by atoms with Gasteiger partial charge in [-0.05, 0) is 134 Å². The number of aromatic nitrogens is 4. The van der Waals surface area contributed by atoms with Crippen molar-refractivity contribution in [2.75, 3.05) is 64.1 Å². The molecule has 2 aliphatic heterocycles. The molecule has 2 aliphatic rings. The molecule has 4 aromatic rings. The molecule has 22 nitrogen and oxygen atoms in total. The molecule has 0 radical (unpaired) electrons. The molecule has 2 unspecified atom stereocenters. The van der Waals surface area contributed by atoms with Crippen molar-refractivity contribution in [3.05, 3.63) is 70.3 Å². The summed E-state index contributed by atoms with van der Waals surface area (Å²) in [4.78, 5) is 55.3. The molecule has 2 aromatic carbocycles. The summed E-state index contributed by atoms with van der Waals surface area (Å²) in [5, 5.41) is 12.2. The Morgan fingerprint density at radius 1 is 0.720 bits per heavy atom. The first kappa shape index (κ1) is 47.8. The van der Waals surface area contributed by atoms with Gasteiger partial charge in [-0.1, -0.05) is 40.5 Å². The third-order valence-electron chi connectivity index (χ3n) is 11.9. The number of aryl methyl sites for hydroxylation is 4. The van der Waals surface area contributed by atoms with Crippen LogP contribution in [0.1, 0.15) is 159 Å². The molecule has 2 atom stereocenters. The number of primary amides is 2. The van der Waals surface area contributed by atoms with E-state index in [4.69, 9.17) is 51.1 Å². The minimum Gasteiger partial charge on any atom is -0.493 e. The number of halogens is 1. The summed E-state index contributed by atoms with van der Waals surface area (Å²) in [5.41, 5.74) is 12.1. The standard InChI is InChI=1S/C25H38N6O5S.C18H23ClN4O5S.C7H16N2/c1-5-8-20-22(23(24(26)32)31(4)29-20)28-25(33)19-16-18(10-11-21(19)36-15-6-2)37(34,35)27-13-12-17-9-7-14-30(17)3;1-4-6-13-15(16(17(20)24)23(3)22-13)21-18(25)12-10-11(29(19,26)27)7-8-14(12)28-9-5-2;1-9-6-2-3-7(9)4-5-8/h10-11,16-17,27H,5-9,12-15H2,1-4H3,(H2,26,32)(H,28,33);7-8,10H,4-6,9H2,1-3H3,(H2,20,24)(H,21,25);7H,2-6,8H2,1H3/i4D3,8D2;3D3,6D2;. The molecule has 416 valence electrons. The van der Waals surface area contributed by atoms with Crippen LogP contribution in [-0.4, -0.2) is 135 Å². The van der Waals surface area contributed by atoms with Gasteiger partial charge in [0.15, 0.2) is 0 Å². The third-order valence-corrected chi connectivity index (χ3v) is 14.7. The molecule has 2 aromatic heterocycles. The Labute approximate surface area is 460 Å². The lowest BCUT2D eigenvalue weighted by Crippen LogP contribution is -2.32. The molecule has 75 heavy (non-hydrogen) atoms. The fraction of sp³-hybridized carbons (Fsp3) is 0.560. The zero-order valence-electron chi connectivity index (χ0n) is 53.1. The van der Waals surface area contributed by atoms with Crippen molar-refractivity contribution in [1.82, 2.24) is 34.1 Å². The van der Waals surface area contributed by atoms with Gasteiger partial charge in [0.05, 0.1) is 56.9 Å². The normalized spacial score (nSPS) is 18.6. The first-order valence-electron chi connectivity index (χ1n) is 29.5. The van der Waals surface area contributed by atoms with Crippen molar-refractivity contribution >= 4 is 64.8 Å². The van der Waals surface area contributed by atoms with Crippen LogP contribution in [-0.2, 0) is 45.8 Å². The molecule has 2 saturated heterocycles. The molecule has 2 fully saturated rings. The number of nitrogens with zero attached hydrogens (tertiary/aromatic N) is 6. The molecule has 0 saturated carbocycles. The van der Waals surface area contributed by atoms with Gasteiger partial charge in [-0.3, -0.25) is 28.5 Å². The van der Waals surface area contributed by atoms with Crippen LogP contribution in [0, 0.1) is 0 Å². The number of ether oxygens (including phenoxy) is 2. The highest BCUT2D eigenvalue weighted by atomic mass is 35.7. The molecular formula is C50H77ClN12O10S2. The molecule has 4 amide bonds. The lowest BCUT2D eigenvalue weighted by Gasteiger charge is -2.19. The average molecular weight is 1120 g/mol. The van der Waals surface area contributed by atoms with E-state index < -0.39 is 108 Å². The number of nitrogens with two attached hydrogens (primary N) is 3. The first-order chi connectivity index (χ1) is 39.4. The maximum Gasteiger partial charge on any atom is 0.269 e. The summed E-state index contributed by atoms with van der Waals surface area (Å²) in [6.45, 7) is 4.18. The van der Waals surface area contributed by atoms with Crippen LogP contribution in [0.3, 0.4) is 0 Å². The molecular weight excluding hydrogens is 1030 g/mol. The van der Waals surface area contributed by atoms with Crippen LogP contribution in [0.25, 0.3) is 0 Å². The van der Waals surface area contributed by atoms with Crippen LogP contribution >= 0.6 is 10.7 Å². The summed E-state index contributed by atoms with van der Waals surface area (Å²) in [5.74, 6) is -4.54. The average Bonchev–Trinajstić information content (AvgIpc) is 2.52. The zero-order valence-corrected chi connectivity index (χ0v) is 45.5. The molecule has 9 N–H and O–H groups in total. The molecule has 0 bridgehead atoms. The number of carbonyl (C=O) groups is 4. The van der Waals surface area contributed by atoms with Crippen LogP contribution < -0.4 is 42.0 Å². The fourth-order valence-corrected chi connectivity index (χ4v) is 10.0. The minimum absolute atomic E-state index is 0.0210. The van der Waals surface area contributed by atoms with Crippen molar-refractivity contribution in [3.8, 4) is 11.5 Å². The molecule has 0 spiro atoms. The number of rotatable bonds is 24. The van der Waals surface area contributed by atoms with Gasteiger partial charge in [0.1, 0.15) is 22.9 Å². The van der Waals surface area contributed by atoms with Crippen LogP contribution in [0.4, 0.5) is 11.4 Å². The lowest BCUT2D eigenvalue weighted by molar-refractivity contribution is 0.0981. The van der Waals surface area contributed by atoms with Gasteiger partial charge in [0.2, 0.25) is 10.0 Å². The summed E-state index contributed by atoms with van der Waals surface area (Å²) in [6, 6.07) is 8.08. The molecule has 4 heterocycles. The number of carbonyl (C=O) groups excluding carboxylic acids is 4. The van der Waals surface area contributed by atoms with Crippen molar-refractivity contribution in [2.24, 2.45) is 31.2 Å². The van der Waals surface area contributed by atoms with E-state index in [1.165, 1.54) is 57.9 Å². The van der Waals surface area contributed by atoms with E-state index in [1.54, 1.807) is 6.92 Å². The second-order valence-corrected chi connectivity index (χ2v) is 21.8. The number of hydrogen-bond donors (Lipinski definition) is 6. The summed E-state index contributed by atoms with van der Waals surface area (Å²) in [7, 11) is 1.31. The van der Waals surface area contributed by atoms with Gasteiger partial charge >= 0.3 is 0 Å². The Bertz CT molecular complexity index is 3240. The van der Waals surface area contributed by atoms with E-state index in [1.807, 2.05) is 14.0 Å². The minimum atomic E-state index is -4.23. The third kappa shape index (κ3) is 17.2. The van der Waals surface area contributed by atoms with E-state index in [-0.39, 0.29) is 70.8 Å². The van der Waals surface area contributed by atoms with E-state index in [9.17, 15) is 36.0 Å².